The number of carbonyl (C=O) groups excluding carboxylic acids is 1. The average Bonchev–Trinajstić information content (AvgIpc) is 3.51. The van der Waals surface area contributed by atoms with E-state index < -0.39 is 0 Å². The number of benzene rings is 2. The lowest BCUT2D eigenvalue weighted by atomic mass is 10.1. The maximum atomic E-state index is 13.5. The smallest absolute Gasteiger partial charge is 0.254 e. The molecule has 3 rings (SSSR count). The van der Waals surface area contributed by atoms with E-state index in [1.807, 2.05) is 11.0 Å². The van der Waals surface area contributed by atoms with Crippen LogP contribution in [0.5, 0.6) is 11.5 Å². The molecule has 0 aromatic heterocycles. The molecule has 0 spiro atoms. The van der Waals surface area contributed by atoms with E-state index in [4.69, 9.17) is 9.47 Å². The zero-order chi connectivity index (χ0) is 19.2. The first-order valence-corrected chi connectivity index (χ1v) is 9.48. The Morgan fingerprint density at radius 3 is 2.67 bits per heavy atom. The van der Waals surface area contributed by atoms with E-state index in [0.29, 0.717) is 30.2 Å². The van der Waals surface area contributed by atoms with Crippen LogP contribution >= 0.6 is 0 Å². The molecular weight excluding hydrogens is 345 g/mol. The second-order valence-electron chi connectivity index (χ2n) is 6.86. The number of methoxy groups -OCH3 is 1. The zero-order valence-corrected chi connectivity index (χ0v) is 15.9. The highest BCUT2D eigenvalue weighted by Gasteiger charge is 2.33. The van der Waals surface area contributed by atoms with Crippen molar-refractivity contribution < 1.29 is 18.7 Å². The highest BCUT2D eigenvalue weighted by molar-refractivity contribution is 5.95. The molecule has 0 N–H and O–H groups in total. The molecule has 1 aliphatic carbocycles. The molecule has 27 heavy (non-hydrogen) atoms. The van der Waals surface area contributed by atoms with E-state index in [9.17, 15) is 9.18 Å². The van der Waals surface area contributed by atoms with Gasteiger partial charge < -0.3 is 14.4 Å². The van der Waals surface area contributed by atoms with Crippen molar-refractivity contribution in [2.45, 2.75) is 45.2 Å². The summed E-state index contributed by atoms with van der Waals surface area (Å²) in [6.07, 6.45) is 3.98. The molecule has 2 aromatic rings. The van der Waals surface area contributed by atoms with Gasteiger partial charge in [-0.25, -0.2) is 4.39 Å². The number of ether oxygens (including phenoxy) is 2. The maximum absolute atomic E-state index is 13.5. The Morgan fingerprint density at radius 2 is 2.00 bits per heavy atom. The van der Waals surface area contributed by atoms with Crippen LogP contribution in [0.15, 0.2) is 42.5 Å². The SMILES string of the molecule is CCCCOc1ccc(C(=O)N(Cc2cccc(F)c2)C2CC2)cc1OC. The lowest BCUT2D eigenvalue weighted by Gasteiger charge is -2.23. The van der Waals surface area contributed by atoms with Gasteiger partial charge in [-0.15, -0.1) is 0 Å². The van der Waals surface area contributed by atoms with Crippen LogP contribution in [0, 0.1) is 5.82 Å². The number of unbranched alkanes of at least 4 members (excludes halogenated alkanes) is 1. The largest absolute Gasteiger partial charge is 0.493 e. The molecule has 0 radical (unpaired) electrons. The summed E-state index contributed by atoms with van der Waals surface area (Å²) in [6, 6.07) is 11.9. The molecule has 0 heterocycles. The van der Waals surface area contributed by atoms with Crippen LogP contribution in [0.2, 0.25) is 0 Å². The standard InChI is InChI=1S/C22H26FNO3/c1-3-4-12-27-20-11-8-17(14-21(20)26-2)22(25)24(19-9-10-19)15-16-6-5-7-18(23)13-16/h5-8,11,13-14,19H,3-4,9-10,12,15H2,1-2H3. The first-order chi connectivity index (χ1) is 13.1. The van der Waals surface area contributed by atoms with E-state index in [1.165, 1.54) is 12.1 Å². The van der Waals surface area contributed by atoms with Crippen molar-refractivity contribution in [2.75, 3.05) is 13.7 Å². The fraction of sp³-hybridized carbons (Fsp3) is 0.409. The Balaban J connectivity index is 1.77. The molecule has 4 nitrogen and oxygen atoms in total. The number of carbonyl (C=O) groups is 1. The van der Waals surface area contributed by atoms with Crippen LogP contribution in [-0.4, -0.2) is 30.6 Å². The van der Waals surface area contributed by atoms with Crippen molar-refractivity contribution in [2.24, 2.45) is 0 Å². The minimum Gasteiger partial charge on any atom is -0.493 e. The van der Waals surface area contributed by atoms with Crippen LogP contribution in [0.1, 0.15) is 48.5 Å². The quantitative estimate of drug-likeness (QED) is 0.593. The van der Waals surface area contributed by atoms with Crippen molar-refractivity contribution in [3.05, 3.63) is 59.4 Å². The molecule has 0 atom stereocenters. The van der Waals surface area contributed by atoms with Crippen LogP contribution in [0.25, 0.3) is 0 Å². The molecular formula is C22H26FNO3. The van der Waals surface area contributed by atoms with Crippen molar-refractivity contribution in [3.8, 4) is 11.5 Å². The van der Waals surface area contributed by atoms with Gasteiger partial charge in [0.1, 0.15) is 5.82 Å². The molecule has 0 aliphatic heterocycles. The van der Waals surface area contributed by atoms with Gasteiger partial charge in [-0.05, 0) is 55.2 Å². The Morgan fingerprint density at radius 1 is 1.19 bits per heavy atom. The zero-order valence-electron chi connectivity index (χ0n) is 15.9. The normalized spacial score (nSPS) is 13.3. The Labute approximate surface area is 159 Å². The van der Waals surface area contributed by atoms with Crippen molar-refractivity contribution >= 4 is 5.91 Å². The summed E-state index contributed by atoms with van der Waals surface area (Å²) >= 11 is 0. The van der Waals surface area contributed by atoms with E-state index in [0.717, 1.165) is 31.2 Å². The summed E-state index contributed by atoms with van der Waals surface area (Å²) in [5.74, 6) is 0.843. The molecule has 1 amide bonds. The van der Waals surface area contributed by atoms with Crippen molar-refractivity contribution in [1.29, 1.82) is 0 Å². The van der Waals surface area contributed by atoms with Crippen molar-refractivity contribution in [3.63, 3.8) is 0 Å². The van der Waals surface area contributed by atoms with Gasteiger partial charge in [-0.1, -0.05) is 25.5 Å². The summed E-state index contributed by atoms with van der Waals surface area (Å²) in [5.41, 5.74) is 1.35. The van der Waals surface area contributed by atoms with Gasteiger partial charge in [0.25, 0.3) is 5.91 Å². The first-order valence-electron chi connectivity index (χ1n) is 9.48. The summed E-state index contributed by atoms with van der Waals surface area (Å²) in [5, 5.41) is 0. The van der Waals surface area contributed by atoms with Crippen LogP contribution in [-0.2, 0) is 6.54 Å². The van der Waals surface area contributed by atoms with Crippen LogP contribution in [0.4, 0.5) is 4.39 Å². The number of hydrogen-bond donors (Lipinski definition) is 0. The Kier molecular flexibility index (Phi) is 6.32. The monoisotopic (exact) mass is 371 g/mol. The maximum Gasteiger partial charge on any atom is 0.254 e. The minimum atomic E-state index is -0.286. The summed E-state index contributed by atoms with van der Waals surface area (Å²) < 4.78 is 24.6. The highest BCUT2D eigenvalue weighted by Crippen LogP contribution is 2.33. The van der Waals surface area contributed by atoms with Gasteiger partial charge in [0.2, 0.25) is 0 Å². The molecule has 1 fully saturated rings. The van der Waals surface area contributed by atoms with E-state index in [2.05, 4.69) is 6.92 Å². The fourth-order valence-electron chi connectivity index (χ4n) is 3.00. The highest BCUT2D eigenvalue weighted by atomic mass is 19.1. The molecule has 1 saturated carbocycles. The third kappa shape index (κ3) is 5.00. The van der Waals surface area contributed by atoms with Gasteiger partial charge in [0, 0.05) is 18.2 Å². The molecule has 0 saturated heterocycles. The van der Waals surface area contributed by atoms with Crippen molar-refractivity contribution in [1.82, 2.24) is 4.90 Å². The molecule has 2 aromatic carbocycles. The third-order valence-electron chi connectivity index (χ3n) is 4.66. The third-order valence-corrected chi connectivity index (χ3v) is 4.66. The summed E-state index contributed by atoms with van der Waals surface area (Å²) in [6.45, 7) is 3.12. The number of hydrogen-bond acceptors (Lipinski definition) is 3. The predicted molar refractivity (Wildman–Crippen MR) is 103 cm³/mol. The summed E-state index contributed by atoms with van der Waals surface area (Å²) in [4.78, 5) is 14.9. The topological polar surface area (TPSA) is 38.8 Å². The first kappa shape index (κ1) is 19.2. The Bertz CT molecular complexity index is 789. The van der Waals surface area contributed by atoms with Gasteiger partial charge in [0.05, 0.1) is 13.7 Å². The van der Waals surface area contributed by atoms with E-state index >= 15 is 0 Å². The molecule has 1 aliphatic rings. The number of amides is 1. The van der Waals surface area contributed by atoms with Crippen LogP contribution < -0.4 is 9.47 Å². The predicted octanol–water partition coefficient (Wildman–Crippen LogP) is 4.82. The number of halogens is 1. The molecule has 144 valence electrons. The van der Waals surface area contributed by atoms with E-state index in [-0.39, 0.29) is 17.8 Å². The summed E-state index contributed by atoms with van der Waals surface area (Å²) in [7, 11) is 1.57. The molecule has 0 unspecified atom stereocenters. The van der Waals surface area contributed by atoms with Crippen LogP contribution in [0.3, 0.4) is 0 Å². The van der Waals surface area contributed by atoms with Gasteiger partial charge in [-0.2, -0.15) is 0 Å². The van der Waals surface area contributed by atoms with Gasteiger partial charge in [0.15, 0.2) is 11.5 Å². The average molecular weight is 371 g/mol. The second-order valence-corrected chi connectivity index (χ2v) is 6.86. The lowest BCUT2D eigenvalue weighted by Crippen LogP contribution is -2.32. The molecule has 0 bridgehead atoms. The van der Waals surface area contributed by atoms with Gasteiger partial charge >= 0.3 is 0 Å². The number of nitrogens with zero attached hydrogens (tertiary/aromatic N) is 1. The van der Waals surface area contributed by atoms with Gasteiger partial charge in [-0.3, -0.25) is 4.79 Å². The number of rotatable bonds is 9. The fourth-order valence-corrected chi connectivity index (χ4v) is 3.00. The van der Waals surface area contributed by atoms with E-state index in [1.54, 1.807) is 31.4 Å². The Hall–Kier alpha value is -2.56. The molecule has 5 heteroatoms. The second kappa shape index (κ2) is 8.89. The minimum absolute atomic E-state index is 0.0693. The lowest BCUT2D eigenvalue weighted by molar-refractivity contribution is 0.0729.